The molecule has 1 atom stereocenters. The van der Waals surface area contributed by atoms with Crippen molar-refractivity contribution in [3.63, 3.8) is 0 Å². The van der Waals surface area contributed by atoms with Gasteiger partial charge in [0.15, 0.2) is 0 Å². The predicted octanol–water partition coefficient (Wildman–Crippen LogP) is 4.49. The van der Waals surface area contributed by atoms with Crippen LogP contribution in [-0.2, 0) is 16.0 Å². The molecule has 0 aliphatic carbocycles. The zero-order valence-electron chi connectivity index (χ0n) is 15.5. The molecule has 1 fully saturated rings. The van der Waals surface area contributed by atoms with Gasteiger partial charge in [0.2, 0.25) is 5.91 Å². The quantitative estimate of drug-likeness (QED) is 0.551. The lowest BCUT2D eigenvalue weighted by Crippen LogP contribution is -2.45. The molecule has 152 valence electrons. The van der Waals surface area contributed by atoms with Gasteiger partial charge in [-0.05, 0) is 18.2 Å². The fraction of sp³-hybridized carbons (Fsp3) is 0.300. The normalized spacial score (nSPS) is 17.1. The Morgan fingerprint density at radius 3 is 2.76 bits per heavy atom. The van der Waals surface area contributed by atoms with Crippen LogP contribution in [0.4, 0.5) is 8.78 Å². The van der Waals surface area contributed by atoms with Crippen molar-refractivity contribution in [3.8, 4) is 11.3 Å². The summed E-state index contributed by atoms with van der Waals surface area (Å²) in [5.74, 6) is -1.47. The van der Waals surface area contributed by atoms with E-state index in [1.54, 1.807) is 27.6 Å². The number of hydrogen-bond acceptors (Lipinski definition) is 3. The van der Waals surface area contributed by atoms with Gasteiger partial charge in [-0.3, -0.25) is 4.79 Å². The maximum absolute atomic E-state index is 14.7. The van der Waals surface area contributed by atoms with Crippen molar-refractivity contribution in [1.29, 1.82) is 0 Å². The highest BCUT2D eigenvalue weighted by atomic mass is 79.9. The van der Waals surface area contributed by atoms with Gasteiger partial charge in [-0.1, -0.05) is 27.5 Å². The zero-order chi connectivity index (χ0) is 20.7. The van der Waals surface area contributed by atoms with Crippen LogP contribution in [0.3, 0.4) is 0 Å². The summed E-state index contributed by atoms with van der Waals surface area (Å²) >= 11 is 9.18. The van der Waals surface area contributed by atoms with Crippen LogP contribution in [-0.4, -0.2) is 46.0 Å². The summed E-state index contributed by atoms with van der Waals surface area (Å²) in [7, 11) is 0. The first-order chi connectivity index (χ1) is 13.8. The van der Waals surface area contributed by atoms with Crippen molar-refractivity contribution in [2.75, 3.05) is 19.7 Å². The van der Waals surface area contributed by atoms with Crippen LogP contribution in [0.2, 0.25) is 5.02 Å². The summed E-state index contributed by atoms with van der Waals surface area (Å²) < 4.78 is 37.3. The SMILES string of the molecule is CC(=O)N1CCOC(Cc2c(-c3c(F)cc(Br)cc3F)nc3cc(Cl)ccn23)C1. The number of carbonyl (C=O) groups excluding carboxylic acids is 1. The lowest BCUT2D eigenvalue weighted by Gasteiger charge is -2.32. The summed E-state index contributed by atoms with van der Waals surface area (Å²) in [4.78, 5) is 17.9. The Morgan fingerprint density at radius 1 is 1.34 bits per heavy atom. The number of amides is 1. The minimum atomic E-state index is -0.720. The Morgan fingerprint density at radius 2 is 2.07 bits per heavy atom. The Hall–Kier alpha value is -2.03. The number of hydrogen-bond donors (Lipinski definition) is 0. The van der Waals surface area contributed by atoms with E-state index in [1.807, 2.05) is 0 Å². The average Bonchev–Trinajstić information content (AvgIpc) is 2.98. The van der Waals surface area contributed by atoms with E-state index in [2.05, 4.69) is 20.9 Å². The zero-order valence-corrected chi connectivity index (χ0v) is 17.8. The number of rotatable bonds is 3. The third kappa shape index (κ3) is 4.01. The highest BCUT2D eigenvalue weighted by molar-refractivity contribution is 9.10. The number of fused-ring (bicyclic) bond motifs is 1. The van der Waals surface area contributed by atoms with Crippen LogP contribution in [0.1, 0.15) is 12.6 Å². The van der Waals surface area contributed by atoms with E-state index >= 15 is 0 Å². The fourth-order valence-corrected chi connectivity index (χ4v) is 4.13. The number of nitrogens with zero attached hydrogens (tertiary/aromatic N) is 3. The van der Waals surface area contributed by atoms with Crippen LogP contribution < -0.4 is 0 Å². The van der Waals surface area contributed by atoms with Crippen molar-refractivity contribution in [2.45, 2.75) is 19.4 Å². The predicted molar refractivity (Wildman–Crippen MR) is 109 cm³/mol. The standard InChI is InChI=1S/C20H17BrClF2N3O2/c1-11(28)26-4-5-29-14(10-26)9-17-20(19-15(23)6-12(21)7-16(19)24)25-18-8-13(22)2-3-27(17)18/h2-3,6-8,14H,4-5,9-10H2,1H3. The molecule has 0 saturated carbocycles. The van der Waals surface area contributed by atoms with Crippen molar-refractivity contribution >= 4 is 39.1 Å². The molecule has 1 unspecified atom stereocenters. The first kappa shape index (κ1) is 20.3. The lowest BCUT2D eigenvalue weighted by molar-refractivity contribution is -0.136. The van der Waals surface area contributed by atoms with Crippen molar-refractivity contribution in [1.82, 2.24) is 14.3 Å². The number of benzene rings is 1. The topological polar surface area (TPSA) is 46.8 Å². The second-order valence-electron chi connectivity index (χ2n) is 6.89. The summed E-state index contributed by atoms with van der Waals surface area (Å²) in [6.45, 7) is 2.85. The number of aromatic nitrogens is 2. The molecule has 0 bridgehead atoms. The summed E-state index contributed by atoms with van der Waals surface area (Å²) in [6.07, 6.45) is 1.73. The molecule has 2 aromatic heterocycles. The van der Waals surface area contributed by atoms with Crippen molar-refractivity contribution in [3.05, 3.63) is 57.3 Å². The second kappa shape index (κ2) is 8.01. The highest BCUT2D eigenvalue weighted by Gasteiger charge is 2.27. The number of ether oxygens (including phenoxy) is 1. The molecule has 1 saturated heterocycles. The molecular formula is C20H17BrClF2N3O2. The number of pyridine rings is 1. The molecular weight excluding hydrogens is 468 g/mol. The molecule has 3 heterocycles. The highest BCUT2D eigenvalue weighted by Crippen LogP contribution is 2.33. The van der Waals surface area contributed by atoms with Gasteiger partial charge in [-0.25, -0.2) is 13.8 Å². The van der Waals surface area contributed by atoms with Crippen LogP contribution in [0.25, 0.3) is 16.9 Å². The van der Waals surface area contributed by atoms with Gasteiger partial charge in [-0.2, -0.15) is 0 Å². The molecule has 0 spiro atoms. The van der Waals surface area contributed by atoms with Crippen LogP contribution in [0.5, 0.6) is 0 Å². The van der Waals surface area contributed by atoms with E-state index in [0.717, 1.165) is 0 Å². The second-order valence-corrected chi connectivity index (χ2v) is 8.24. The number of halogens is 4. The Labute approximate surface area is 179 Å². The van der Waals surface area contributed by atoms with Crippen LogP contribution >= 0.6 is 27.5 Å². The van der Waals surface area contributed by atoms with E-state index < -0.39 is 11.6 Å². The van der Waals surface area contributed by atoms with Crippen LogP contribution in [0, 0.1) is 11.6 Å². The molecule has 1 aliphatic rings. The van der Waals surface area contributed by atoms with Gasteiger partial charge in [0.25, 0.3) is 0 Å². The Balaban J connectivity index is 1.82. The average molecular weight is 485 g/mol. The van der Waals surface area contributed by atoms with Gasteiger partial charge < -0.3 is 14.0 Å². The van der Waals surface area contributed by atoms with E-state index in [1.165, 1.54) is 19.1 Å². The van der Waals surface area contributed by atoms with E-state index in [4.69, 9.17) is 16.3 Å². The molecule has 5 nitrogen and oxygen atoms in total. The van der Waals surface area contributed by atoms with Crippen molar-refractivity contribution < 1.29 is 18.3 Å². The molecule has 9 heteroatoms. The third-order valence-electron chi connectivity index (χ3n) is 4.94. The smallest absolute Gasteiger partial charge is 0.219 e. The number of carbonyl (C=O) groups is 1. The maximum Gasteiger partial charge on any atom is 0.219 e. The Bertz CT molecular complexity index is 1080. The van der Waals surface area contributed by atoms with Gasteiger partial charge in [0, 0.05) is 48.2 Å². The van der Waals surface area contributed by atoms with Gasteiger partial charge in [-0.15, -0.1) is 0 Å². The summed E-state index contributed by atoms with van der Waals surface area (Å²) in [5, 5.41) is 0.467. The van der Waals surface area contributed by atoms with Crippen LogP contribution in [0.15, 0.2) is 34.9 Å². The minimum Gasteiger partial charge on any atom is -0.374 e. The number of morpholine rings is 1. The fourth-order valence-electron chi connectivity index (χ4n) is 3.58. The molecule has 0 radical (unpaired) electrons. The minimum absolute atomic E-state index is 0.0338. The molecule has 29 heavy (non-hydrogen) atoms. The van der Waals surface area contributed by atoms with Gasteiger partial charge >= 0.3 is 0 Å². The van der Waals surface area contributed by atoms with E-state index in [-0.39, 0.29) is 23.3 Å². The lowest BCUT2D eigenvalue weighted by atomic mass is 10.0. The molecule has 1 amide bonds. The van der Waals surface area contributed by atoms with Crippen molar-refractivity contribution in [2.24, 2.45) is 0 Å². The molecule has 1 aliphatic heterocycles. The monoisotopic (exact) mass is 483 g/mol. The maximum atomic E-state index is 14.7. The molecule has 1 aromatic carbocycles. The summed E-state index contributed by atoms with van der Waals surface area (Å²) in [5.41, 5.74) is 1.05. The van der Waals surface area contributed by atoms with Gasteiger partial charge in [0.05, 0.1) is 29.7 Å². The molecule has 0 N–H and O–H groups in total. The summed E-state index contributed by atoms with van der Waals surface area (Å²) in [6, 6.07) is 5.72. The molecule has 3 aromatic rings. The Kier molecular flexibility index (Phi) is 5.59. The van der Waals surface area contributed by atoms with E-state index in [9.17, 15) is 13.6 Å². The first-order valence-electron chi connectivity index (χ1n) is 9.02. The van der Waals surface area contributed by atoms with Gasteiger partial charge in [0.1, 0.15) is 17.3 Å². The first-order valence-corrected chi connectivity index (χ1v) is 10.2. The largest absolute Gasteiger partial charge is 0.374 e. The van der Waals surface area contributed by atoms with E-state index in [0.29, 0.717) is 47.0 Å². The number of imidazole rings is 1. The molecule has 4 rings (SSSR count). The third-order valence-corrected chi connectivity index (χ3v) is 5.63.